The minimum Gasteiger partial charge on any atom is -0.460 e. The summed E-state index contributed by atoms with van der Waals surface area (Å²) in [6.07, 6.45) is -1.21. The van der Waals surface area contributed by atoms with Gasteiger partial charge in [-0.2, -0.15) is 11.8 Å². The van der Waals surface area contributed by atoms with E-state index < -0.39 is 41.9 Å². The molecule has 4 aromatic rings. The Morgan fingerprint density at radius 3 is 1.61 bits per heavy atom. The van der Waals surface area contributed by atoms with Crippen LogP contribution in [0.15, 0.2) is 121 Å². The van der Waals surface area contributed by atoms with E-state index in [9.17, 15) is 24.0 Å². The smallest absolute Gasteiger partial charge is 0.408 e. The fraction of sp³-hybridized carbons (Fsp3) is 0.256. The zero-order chi connectivity index (χ0) is 36.1. The molecule has 0 aliphatic carbocycles. The second kappa shape index (κ2) is 21.5. The maximum Gasteiger partial charge on any atom is 0.408 e. The molecule has 12 heteroatoms. The van der Waals surface area contributed by atoms with Crippen LogP contribution in [0.4, 0.5) is 4.79 Å². The summed E-state index contributed by atoms with van der Waals surface area (Å²) < 4.78 is 16.0. The van der Waals surface area contributed by atoms with Crippen molar-refractivity contribution in [2.75, 3.05) is 12.3 Å². The summed E-state index contributed by atoms with van der Waals surface area (Å²) in [7, 11) is 0. The van der Waals surface area contributed by atoms with Gasteiger partial charge in [0.1, 0.15) is 38.4 Å². The fourth-order valence-electron chi connectivity index (χ4n) is 4.65. The van der Waals surface area contributed by atoms with Gasteiger partial charge in [0.05, 0.1) is 0 Å². The summed E-state index contributed by atoms with van der Waals surface area (Å²) in [4.78, 5) is 64.5. The van der Waals surface area contributed by atoms with Gasteiger partial charge in [-0.15, -0.1) is 0 Å². The van der Waals surface area contributed by atoms with Crippen LogP contribution in [0.5, 0.6) is 0 Å². The van der Waals surface area contributed by atoms with Crippen molar-refractivity contribution >= 4 is 41.6 Å². The molecular weight excluding hydrogens is 671 g/mol. The second-order valence-electron chi connectivity index (χ2n) is 11.4. The molecule has 3 N–H and O–H groups in total. The van der Waals surface area contributed by atoms with Gasteiger partial charge in [-0.05, 0) is 28.7 Å². The maximum atomic E-state index is 13.2. The summed E-state index contributed by atoms with van der Waals surface area (Å²) in [5.74, 6) is -1.69. The highest BCUT2D eigenvalue weighted by atomic mass is 32.2. The average Bonchev–Trinajstić information content (AvgIpc) is 3.17. The fourth-order valence-corrected chi connectivity index (χ4v) is 5.67. The lowest BCUT2D eigenvalue weighted by atomic mass is 10.1. The van der Waals surface area contributed by atoms with Crippen LogP contribution in [-0.2, 0) is 59.0 Å². The summed E-state index contributed by atoms with van der Waals surface area (Å²) >= 11 is 1.43. The normalized spacial score (nSPS) is 11.7. The molecule has 0 radical (unpaired) electrons. The van der Waals surface area contributed by atoms with E-state index in [1.165, 1.54) is 11.8 Å². The average molecular weight is 712 g/mol. The number of carbonyl (C=O) groups is 5. The van der Waals surface area contributed by atoms with E-state index in [1.54, 1.807) is 24.3 Å². The molecule has 0 spiro atoms. The third-order valence-corrected chi connectivity index (χ3v) is 8.48. The molecule has 0 saturated carbocycles. The molecule has 0 aliphatic rings. The molecule has 0 unspecified atom stereocenters. The van der Waals surface area contributed by atoms with E-state index >= 15 is 0 Å². The SMILES string of the molecule is O=C(CC[C@H](NC(=O)OCc1ccccc1)C(=O)OCc1ccccc1)N[C@@H](CSCc1ccccc1)C(=O)NCC(=O)OCc1ccccc1. The number of ether oxygens (including phenoxy) is 3. The molecule has 266 valence electrons. The molecule has 0 bridgehead atoms. The predicted molar refractivity (Wildman–Crippen MR) is 193 cm³/mol. The molecule has 0 aromatic heterocycles. The first kappa shape index (κ1) is 38.2. The van der Waals surface area contributed by atoms with Crippen LogP contribution in [0.25, 0.3) is 0 Å². The zero-order valence-corrected chi connectivity index (χ0v) is 28.8. The Morgan fingerprint density at radius 2 is 1.06 bits per heavy atom. The minimum absolute atomic E-state index is 0.0177. The predicted octanol–water partition coefficient (Wildman–Crippen LogP) is 5.08. The van der Waals surface area contributed by atoms with Crippen LogP contribution >= 0.6 is 11.8 Å². The van der Waals surface area contributed by atoms with Crippen molar-refractivity contribution in [2.45, 2.75) is 50.5 Å². The minimum atomic E-state index is -1.21. The first-order valence-electron chi connectivity index (χ1n) is 16.4. The van der Waals surface area contributed by atoms with E-state index in [1.807, 2.05) is 97.1 Å². The third kappa shape index (κ3) is 14.8. The molecule has 51 heavy (non-hydrogen) atoms. The molecule has 0 aliphatic heterocycles. The van der Waals surface area contributed by atoms with Gasteiger partial charge in [0.25, 0.3) is 0 Å². The lowest BCUT2D eigenvalue weighted by molar-refractivity contribution is -0.147. The van der Waals surface area contributed by atoms with Crippen molar-refractivity contribution in [3.05, 3.63) is 144 Å². The first-order valence-corrected chi connectivity index (χ1v) is 17.6. The van der Waals surface area contributed by atoms with Crippen molar-refractivity contribution in [1.82, 2.24) is 16.0 Å². The van der Waals surface area contributed by atoms with Gasteiger partial charge in [-0.1, -0.05) is 121 Å². The van der Waals surface area contributed by atoms with Crippen LogP contribution in [0.2, 0.25) is 0 Å². The molecule has 0 fully saturated rings. The van der Waals surface area contributed by atoms with E-state index in [-0.39, 0.29) is 45.0 Å². The van der Waals surface area contributed by atoms with Crippen LogP contribution in [-0.4, -0.2) is 54.2 Å². The maximum absolute atomic E-state index is 13.2. The number of esters is 2. The summed E-state index contributed by atoms with van der Waals surface area (Å²) in [5, 5.41) is 7.78. The van der Waals surface area contributed by atoms with Crippen molar-refractivity contribution in [2.24, 2.45) is 0 Å². The summed E-state index contributed by atoms with van der Waals surface area (Å²) in [6.45, 7) is -0.370. The number of alkyl carbamates (subject to hydrolysis) is 1. The highest BCUT2D eigenvalue weighted by Gasteiger charge is 2.26. The molecule has 4 rings (SSSR count). The number of carbonyl (C=O) groups excluding carboxylic acids is 5. The highest BCUT2D eigenvalue weighted by molar-refractivity contribution is 7.98. The van der Waals surface area contributed by atoms with Gasteiger partial charge < -0.3 is 30.2 Å². The van der Waals surface area contributed by atoms with E-state index in [0.717, 1.165) is 22.3 Å². The number of hydrogen-bond donors (Lipinski definition) is 3. The van der Waals surface area contributed by atoms with Crippen molar-refractivity contribution in [3.63, 3.8) is 0 Å². The monoisotopic (exact) mass is 711 g/mol. The van der Waals surface area contributed by atoms with Crippen LogP contribution in [0.1, 0.15) is 35.1 Å². The van der Waals surface area contributed by atoms with E-state index in [4.69, 9.17) is 14.2 Å². The molecule has 0 heterocycles. The Kier molecular flexibility index (Phi) is 16.1. The second-order valence-corrected chi connectivity index (χ2v) is 12.4. The largest absolute Gasteiger partial charge is 0.460 e. The molecule has 11 nitrogen and oxygen atoms in total. The van der Waals surface area contributed by atoms with Gasteiger partial charge in [0, 0.05) is 17.9 Å². The zero-order valence-electron chi connectivity index (χ0n) is 28.0. The Balaban J connectivity index is 1.34. The van der Waals surface area contributed by atoms with Crippen LogP contribution in [0, 0.1) is 0 Å². The van der Waals surface area contributed by atoms with Crippen molar-refractivity contribution in [3.8, 4) is 0 Å². The number of amides is 3. The van der Waals surface area contributed by atoms with Gasteiger partial charge in [0.2, 0.25) is 11.8 Å². The Morgan fingerprint density at radius 1 is 0.569 bits per heavy atom. The summed E-state index contributed by atoms with van der Waals surface area (Å²) in [5.41, 5.74) is 3.36. The highest BCUT2D eigenvalue weighted by Crippen LogP contribution is 2.14. The number of benzene rings is 4. The molecular formula is C39H41N3O8S. The van der Waals surface area contributed by atoms with Crippen molar-refractivity contribution in [1.29, 1.82) is 0 Å². The summed E-state index contributed by atoms with van der Waals surface area (Å²) in [6, 6.07) is 34.7. The topological polar surface area (TPSA) is 149 Å². The first-order chi connectivity index (χ1) is 24.9. The van der Waals surface area contributed by atoms with Gasteiger partial charge in [-0.3, -0.25) is 14.4 Å². The molecule has 3 amide bonds. The molecule has 2 atom stereocenters. The molecule has 0 saturated heterocycles. The lowest BCUT2D eigenvalue weighted by Crippen LogP contribution is -2.50. The van der Waals surface area contributed by atoms with E-state index in [2.05, 4.69) is 16.0 Å². The Bertz CT molecular complexity index is 1680. The van der Waals surface area contributed by atoms with Gasteiger partial charge in [-0.25, -0.2) is 9.59 Å². The number of rotatable bonds is 19. The standard InChI is InChI=1S/C39H41N3O8S/c43-35(22-21-33(38(46)49-25-30-15-7-2-8-16-30)42-39(47)50-26-31-17-9-3-10-18-31)41-34(28-51-27-32-19-11-4-12-20-32)37(45)40-23-36(44)48-24-29-13-5-1-6-14-29/h1-20,33-34H,21-28H2,(H,40,45)(H,41,43)(H,42,47)/t33-,34-/m0/s1. The molecule has 4 aromatic carbocycles. The van der Waals surface area contributed by atoms with Crippen LogP contribution in [0.3, 0.4) is 0 Å². The Labute approximate surface area is 301 Å². The third-order valence-electron chi connectivity index (χ3n) is 7.37. The van der Waals surface area contributed by atoms with Crippen molar-refractivity contribution < 1.29 is 38.2 Å². The Hall–Kier alpha value is -5.62. The van der Waals surface area contributed by atoms with Gasteiger partial charge >= 0.3 is 18.0 Å². The van der Waals surface area contributed by atoms with Gasteiger partial charge in [0.15, 0.2) is 0 Å². The lowest BCUT2D eigenvalue weighted by Gasteiger charge is -2.20. The van der Waals surface area contributed by atoms with Crippen LogP contribution < -0.4 is 16.0 Å². The number of thioether (sulfide) groups is 1. The number of hydrogen-bond acceptors (Lipinski definition) is 9. The number of nitrogens with one attached hydrogen (secondary N) is 3. The van der Waals surface area contributed by atoms with E-state index in [0.29, 0.717) is 5.75 Å². The quantitative estimate of drug-likeness (QED) is 0.0894.